The van der Waals surface area contributed by atoms with Crippen LogP contribution >= 0.6 is 0 Å². The van der Waals surface area contributed by atoms with Crippen LogP contribution in [0.4, 0.5) is 0 Å². The second kappa shape index (κ2) is 4.31. The molecule has 0 aromatic carbocycles. The second-order valence-corrected chi connectivity index (χ2v) is 5.05. The molecule has 5 heteroatoms. The summed E-state index contributed by atoms with van der Waals surface area (Å²) in [5, 5.41) is 12.8. The highest BCUT2D eigenvalue weighted by Gasteiger charge is 2.43. The van der Waals surface area contributed by atoms with Crippen LogP contribution in [-0.4, -0.2) is 42.9 Å². The fourth-order valence-corrected chi connectivity index (χ4v) is 2.30. The largest absolute Gasteiger partial charge is 0.386 e. The Morgan fingerprint density at radius 3 is 2.62 bits per heavy atom. The summed E-state index contributed by atoms with van der Waals surface area (Å²) in [6, 6.07) is 0. The first kappa shape index (κ1) is 11.8. The molecule has 1 saturated heterocycles. The van der Waals surface area contributed by atoms with Crippen molar-refractivity contribution in [3.8, 4) is 0 Å². The lowest BCUT2D eigenvalue weighted by Gasteiger charge is -2.39. The van der Waals surface area contributed by atoms with E-state index < -0.39 is 5.60 Å². The Morgan fingerprint density at radius 2 is 2.19 bits per heavy atom. The van der Waals surface area contributed by atoms with E-state index in [-0.39, 0.29) is 17.9 Å². The predicted molar refractivity (Wildman–Crippen MR) is 58.7 cm³/mol. The highest BCUT2D eigenvalue weighted by atomic mass is 16.5. The highest BCUT2D eigenvalue weighted by molar-refractivity contribution is 5.83. The fourth-order valence-electron chi connectivity index (χ4n) is 2.30. The first-order valence-corrected chi connectivity index (χ1v) is 5.89. The standard InChI is InChI=1S/C11H20N2O3/c12-6-10(2-1-3-10)9(14)13-7-11(15)4-5-16-8-11/h15H,1-8,12H2,(H,13,14). The summed E-state index contributed by atoms with van der Waals surface area (Å²) in [5.41, 5.74) is 4.39. The minimum Gasteiger partial charge on any atom is -0.386 e. The van der Waals surface area contributed by atoms with Crippen LogP contribution < -0.4 is 11.1 Å². The lowest BCUT2D eigenvalue weighted by atomic mass is 9.68. The van der Waals surface area contributed by atoms with Crippen LogP contribution in [0.2, 0.25) is 0 Å². The van der Waals surface area contributed by atoms with Crippen molar-refractivity contribution in [2.45, 2.75) is 31.3 Å². The summed E-state index contributed by atoms with van der Waals surface area (Å²) in [6.45, 7) is 1.54. The van der Waals surface area contributed by atoms with Crippen LogP contribution in [0.3, 0.4) is 0 Å². The maximum atomic E-state index is 11.9. The summed E-state index contributed by atoms with van der Waals surface area (Å²) in [4.78, 5) is 11.9. The number of hydrogen-bond acceptors (Lipinski definition) is 4. The van der Waals surface area contributed by atoms with Crippen molar-refractivity contribution < 1.29 is 14.6 Å². The van der Waals surface area contributed by atoms with Gasteiger partial charge in [0.1, 0.15) is 5.60 Å². The number of carbonyl (C=O) groups is 1. The van der Waals surface area contributed by atoms with E-state index in [2.05, 4.69) is 5.32 Å². The molecule has 1 unspecified atom stereocenters. The predicted octanol–water partition coefficient (Wildman–Crippen LogP) is -0.617. The molecule has 2 fully saturated rings. The third kappa shape index (κ3) is 2.07. The van der Waals surface area contributed by atoms with Gasteiger partial charge in [-0.2, -0.15) is 0 Å². The molecule has 0 bridgehead atoms. The number of amides is 1. The zero-order valence-corrected chi connectivity index (χ0v) is 9.50. The Hall–Kier alpha value is -0.650. The van der Waals surface area contributed by atoms with Gasteiger partial charge in [0.05, 0.1) is 12.0 Å². The number of nitrogens with one attached hydrogen (secondary N) is 1. The van der Waals surface area contributed by atoms with E-state index in [1.807, 2.05) is 0 Å². The van der Waals surface area contributed by atoms with Gasteiger partial charge in [0.2, 0.25) is 5.91 Å². The summed E-state index contributed by atoms with van der Waals surface area (Å²) < 4.78 is 5.12. The molecule has 0 aromatic heterocycles. The van der Waals surface area contributed by atoms with E-state index in [1.165, 1.54) is 0 Å². The van der Waals surface area contributed by atoms with Gasteiger partial charge in [-0.1, -0.05) is 6.42 Å². The van der Waals surface area contributed by atoms with Crippen LogP contribution in [0.1, 0.15) is 25.7 Å². The van der Waals surface area contributed by atoms with Crippen molar-refractivity contribution >= 4 is 5.91 Å². The van der Waals surface area contributed by atoms with Crippen LogP contribution in [0.5, 0.6) is 0 Å². The van der Waals surface area contributed by atoms with Crippen molar-refractivity contribution in [2.75, 3.05) is 26.3 Å². The van der Waals surface area contributed by atoms with E-state index in [0.717, 1.165) is 19.3 Å². The van der Waals surface area contributed by atoms with E-state index in [9.17, 15) is 9.90 Å². The Kier molecular flexibility index (Phi) is 3.19. The molecule has 1 amide bonds. The summed E-state index contributed by atoms with van der Waals surface area (Å²) >= 11 is 0. The zero-order chi connectivity index (χ0) is 11.6. The molecule has 1 atom stereocenters. The van der Waals surface area contributed by atoms with Crippen LogP contribution in [0, 0.1) is 5.41 Å². The van der Waals surface area contributed by atoms with Crippen molar-refractivity contribution in [1.82, 2.24) is 5.32 Å². The molecule has 1 heterocycles. The highest BCUT2D eigenvalue weighted by Crippen LogP contribution is 2.40. The summed E-state index contributed by atoms with van der Waals surface area (Å²) in [5.74, 6) is -0.0124. The van der Waals surface area contributed by atoms with Gasteiger partial charge in [-0.3, -0.25) is 4.79 Å². The molecular weight excluding hydrogens is 208 g/mol. The molecule has 2 aliphatic rings. The monoisotopic (exact) mass is 228 g/mol. The smallest absolute Gasteiger partial charge is 0.227 e. The Bertz CT molecular complexity index is 265. The van der Waals surface area contributed by atoms with Crippen LogP contribution in [-0.2, 0) is 9.53 Å². The molecule has 1 aliphatic heterocycles. The van der Waals surface area contributed by atoms with E-state index in [0.29, 0.717) is 26.2 Å². The number of aliphatic hydroxyl groups is 1. The lowest BCUT2D eigenvalue weighted by Crippen LogP contribution is -2.53. The fraction of sp³-hybridized carbons (Fsp3) is 0.909. The third-order valence-electron chi connectivity index (χ3n) is 3.84. The van der Waals surface area contributed by atoms with Crippen molar-refractivity contribution in [2.24, 2.45) is 11.1 Å². The van der Waals surface area contributed by atoms with Gasteiger partial charge in [-0.05, 0) is 12.8 Å². The maximum absolute atomic E-state index is 11.9. The molecule has 4 N–H and O–H groups in total. The molecule has 0 radical (unpaired) electrons. The zero-order valence-electron chi connectivity index (χ0n) is 9.50. The number of ether oxygens (including phenoxy) is 1. The van der Waals surface area contributed by atoms with Crippen LogP contribution in [0.25, 0.3) is 0 Å². The molecule has 1 aliphatic carbocycles. The number of nitrogens with two attached hydrogens (primary N) is 1. The first-order valence-electron chi connectivity index (χ1n) is 5.89. The van der Waals surface area contributed by atoms with Gasteiger partial charge in [0.25, 0.3) is 0 Å². The van der Waals surface area contributed by atoms with Crippen molar-refractivity contribution in [3.05, 3.63) is 0 Å². The van der Waals surface area contributed by atoms with Gasteiger partial charge in [-0.15, -0.1) is 0 Å². The van der Waals surface area contributed by atoms with Crippen LogP contribution in [0.15, 0.2) is 0 Å². The quantitative estimate of drug-likeness (QED) is 0.599. The average molecular weight is 228 g/mol. The van der Waals surface area contributed by atoms with Gasteiger partial charge < -0.3 is 20.9 Å². The van der Waals surface area contributed by atoms with Crippen molar-refractivity contribution in [1.29, 1.82) is 0 Å². The minimum atomic E-state index is -0.880. The van der Waals surface area contributed by atoms with E-state index in [4.69, 9.17) is 10.5 Å². The van der Waals surface area contributed by atoms with Gasteiger partial charge in [-0.25, -0.2) is 0 Å². The average Bonchev–Trinajstić information content (AvgIpc) is 2.62. The molecule has 1 saturated carbocycles. The Morgan fingerprint density at radius 1 is 1.44 bits per heavy atom. The van der Waals surface area contributed by atoms with Gasteiger partial charge in [0, 0.05) is 26.1 Å². The summed E-state index contributed by atoms with van der Waals surface area (Å²) in [6.07, 6.45) is 3.38. The van der Waals surface area contributed by atoms with Crippen molar-refractivity contribution in [3.63, 3.8) is 0 Å². The molecule has 2 rings (SSSR count). The van der Waals surface area contributed by atoms with Gasteiger partial charge in [0.15, 0.2) is 0 Å². The molecule has 0 spiro atoms. The number of carbonyl (C=O) groups excluding carboxylic acids is 1. The second-order valence-electron chi connectivity index (χ2n) is 5.05. The van der Waals surface area contributed by atoms with Gasteiger partial charge >= 0.3 is 0 Å². The first-order chi connectivity index (χ1) is 7.60. The topological polar surface area (TPSA) is 84.6 Å². The minimum absolute atomic E-state index is 0.0124. The third-order valence-corrected chi connectivity index (χ3v) is 3.84. The molecule has 5 nitrogen and oxygen atoms in total. The number of rotatable bonds is 4. The SMILES string of the molecule is NCC1(C(=O)NCC2(O)CCOC2)CCC1. The molecule has 92 valence electrons. The Labute approximate surface area is 95.3 Å². The lowest BCUT2D eigenvalue weighted by molar-refractivity contribution is -0.136. The normalized spacial score (nSPS) is 32.1. The molecular formula is C11H20N2O3. The number of hydrogen-bond donors (Lipinski definition) is 3. The molecule has 0 aromatic rings. The summed E-state index contributed by atoms with van der Waals surface area (Å²) in [7, 11) is 0. The van der Waals surface area contributed by atoms with E-state index >= 15 is 0 Å². The Balaban J connectivity index is 1.83. The molecule has 16 heavy (non-hydrogen) atoms. The maximum Gasteiger partial charge on any atom is 0.227 e. The van der Waals surface area contributed by atoms with E-state index in [1.54, 1.807) is 0 Å².